The molecular formula is C21H21N3O7. The molecule has 1 aromatic carbocycles. The number of benzene rings is 1. The van der Waals surface area contributed by atoms with Crippen LogP contribution in [0.5, 0.6) is 5.75 Å². The van der Waals surface area contributed by atoms with Gasteiger partial charge in [-0.3, -0.25) is 14.4 Å². The SMILES string of the molecule is CCOC(=O)Oc1c[nH]c2c(=O)[nH]c3ccc(C=CC(=O)NCCC(=O)OC)cc3c12. The fourth-order valence-corrected chi connectivity index (χ4v) is 2.96. The highest BCUT2D eigenvalue weighted by molar-refractivity contribution is 6.09. The maximum atomic E-state index is 12.3. The maximum absolute atomic E-state index is 12.3. The molecular weight excluding hydrogens is 406 g/mol. The second-order valence-electron chi connectivity index (χ2n) is 6.40. The minimum atomic E-state index is -0.878. The Bertz CT molecular complexity index is 1220. The molecule has 2 heterocycles. The molecule has 0 fully saturated rings. The molecule has 3 rings (SSSR count). The van der Waals surface area contributed by atoms with Crippen molar-refractivity contribution < 1.29 is 28.6 Å². The van der Waals surface area contributed by atoms with E-state index in [1.165, 1.54) is 19.4 Å². The van der Waals surface area contributed by atoms with Gasteiger partial charge in [-0.05, 0) is 30.7 Å². The monoisotopic (exact) mass is 427 g/mol. The molecule has 2 aromatic heterocycles. The molecule has 3 N–H and O–H groups in total. The molecule has 162 valence electrons. The summed E-state index contributed by atoms with van der Waals surface area (Å²) in [4.78, 5) is 52.6. The molecule has 1 amide bonds. The summed E-state index contributed by atoms with van der Waals surface area (Å²) in [5.41, 5.74) is 1.08. The van der Waals surface area contributed by atoms with Crippen molar-refractivity contribution in [2.45, 2.75) is 13.3 Å². The van der Waals surface area contributed by atoms with Gasteiger partial charge in [0, 0.05) is 29.7 Å². The molecule has 0 unspecified atom stereocenters. The number of esters is 1. The summed E-state index contributed by atoms with van der Waals surface area (Å²) in [6, 6.07) is 5.16. The van der Waals surface area contributed by atoms with Crippen LogP contribution < -0.4 is 15.6 Å². The maximum Gasteiger partial charge on any atom is 0.513 e. The Morgan fingerprint density at radius 1 is 1.23 bits per heavy atom. The summed E-state index contributed by atoms with van der Waals surface area (Å²) in [5.74, 6) is -0.626. The minimum absolute atomic E-state index is 0.0775. The van der Waals surface area contributed by atoms with E-state index in [-0.39, 0.29) is 42.3 Å². The van der Waals surface area contributed by atoms with Gasteiger partial charge < -0.3 is 29.5 Å². The third kappa shape index (κ3) is 5.10. The number of nitrogens with one attached hydrogen (secondary N) is 3. The third-order valence-corrected chi connectivity index (χ3v) is 4.37. The van der Waals surface area contributed by atoms with Crippen LogP contribution in [0.3, 0.4) is 0 Å². The first kappa shape index (κ1) is 21.6. The topological polar surface area (TPSA) is 140 Å². The zero-order valence-electron chi connectivity index (χ0n) is 16.9. The Morgan fingerprint density at radius 2 is 2.03 bits per heavy atom. The molecule has 0 atom stereocenters. The van der Waals surface area contributed by atoms with Crippen LogP contribution in [0.2, 0.25) is 0 Å². The van der Waals surface area contributed by atoms with Crippen molar-refractivity contribution in [1.29, 1.82) is 0 Å². The van der Waals surface area contributed by atoms with E-state index in [1.807, 2.05) is 0 Å². The third-order valence-electron chi connectivity index (χ3n) is 4.37. The first-order valence-corrected chi connectivity index (χ1v) is 9.47. The Balaban J connectivity index is 1.89. The summed E-state index contributed by atoms with van der Waals surface area (Å²) in [7, 11) is 1.28. The van der Waals surface area contributed by atoms with Crippen LogP contribution >= 0.6 is 0 Å². The highest BCUT2D eigenvalue weighted by Gasteiger charge is 2.16. The van der Waals surface area contributed by atoms with Gasteiger partial charge in [0.25, 0.3) is 5.56 Å². The van der Waals surface area contributed by atoms with Gasteiger partial charge >= 0.3 is 12.1 Å². The van der Waals surface area contributed by atoms with Gasteiger partial charge in [0.05, 0.1) is 25.5 Å². The van der Waals surface area contributed by atoms with Crippen LogP contribution in [0, 0.1) is 0 Å². The van der Waals surface area contributed by atoms with E-state index in [2.05, 4.69) is 20.0 Å². The molecule has 3 aromatic rings. The van der Waals surface area contributed by atoms with Crippen LogP contribution in [-0.4, -0.2) is 48.3 Å². The number of ether oxygens (including phenoxy) is 3. The standard InChI is InChI=1S/C21H21N3O7/c1-3-30-21(28)31-15-11-23-19-18(15)13-10-12(4-6-14(13)24-20(19)27)5-7-16(25)22-9-8-17(26)29-2/h4-7,10-11,23H,3,8-9H2,1-2H3,(H,22,25)(H,24,27). The van der Waals surface area contributed by atoms with Crippen LogP contribution in [-0.2, 0) is 19.1 Å². The summed E-state index contributed by atoms with van der Waals surface area (Å²) in [6.07, 6.45) is 3.52. The van der Waals surface area contributed by atoms with Gasteiger partial charge in [-0.2, -0.15) is 0 Å². The number of rotatable bonds is 7. The van der Waals surface area contributed by atoms with Gasteiger partial charge in [-0.15, -0.1) is 0 Å². The minimum Gasteiger partial charge on any atom is -0.469 e. The quantitative estimate of drug-likeness (QED) is 0.388. The number of amides is 1. The number of aromatic amines is 2. The molecule has 0 bridgehead atoms. The van der Waals surface area contributed by atoms with Crippen molar-refractivity contribution in [3.05, 3.63) is 46.4 Å². The molecule has 0 aliphatic rings. The first-order valence-electron chi connectivity index (χ1n) is 9.47. The van der Waals surface area contributed by atoms with Crippen molar-refractivity contribution >= 4 is 45.9 Å². The van der Waals surface area contributed by atoms with Crippen LogP contribution in [0.1, 0.15) is 18.9 Å². The van der Waals surface area contributed by atoms with Crippen LogP contribution in [0.15, 0.2) is 35.3 Å². The summed E-state index contributed by atoms with van der Waals surface area (Å²) in [6.45, 7) is 1.97. The predicted molar refractivity (Wildman–Crippen MR) is 113 cm³/mol. The van der Waals surface area contributed by atoms with Crippen LogP contribution in [0.4, 0.5) is 4.79 Å². The summed E-state index contributed by atoms with van der Waals surface area (Å²) >= 11 is 0. The number of carbonyl (C=O) groups is 3. The smallest absolute Gasteiger partial charge is 0.469 e. The number of H-pyrrole nitrogens is 2. The molecule has 10 heteroatoms. The molecule has 0 spiro atoms. The first-order chi connectivity index (χ1) is 14.9. The Kier molecular flexibility index (Phi) is 6.71. The van der Waals surface area contributed by atoms with Crippen molar-refractivity contribution in [2.75, 3.05) is 20.3 Å². The molecule has 0 radical (unpaired) electrons. The van der Waals surface area contributed by atoms with Gasteiger partial charge in [0.2, 0.25) is 5.91 Å². The van der Waals surface area contributed by atoms with E-state index in [0.29, 0.717) is 21.9 Å². The lowest BCUT2D eigenvalue weighted by atomic mass is 10.1. The zero-order chi connectivity index (χ0) is 22.4. The highest BCUT2D eigenvalue weighted by Crippen LogP contribution is 2.31. The van der Waals surface area contributed by atoms with E-state index in [1.54, 1.807) is 31.2 Å². The summed E-state index contributed by atoms with van der Waals surface area (Å²) in [5, 5.41) is 3.62. The number of aromatic nitrogens is 2. The average Bonchev–Trinajstić information content (AvgIpc) is 3.17. The molecule has 0 aliphatic heterocycles. The second-order valence-corrected chi connectivity index (χ2v) is 6.40. The van der Waals surface area contributed by atoms with E-state index < -0.39 is 12.1 Å². The number of methoxy groups -OCH3 is 1. The van der Waals surface area contributed by atoms with Crippen molar-refractivity contribution in [2.24, 2.45) is 0 Å². The number of hydrogen-bond acceptors (Lipinski definition) is 7. The lowest BCUT2D eigenvalue weighted by Crippen LogP contribution is -2.24. The fourth-order valence-electron chi connectivity index (χ4n) is 2.96. The number of pyridine rings is 1. The largest absolute Gasteiger partial charge is 0.513 e. The van der Waals surface area contributed by atoms with Crippen molar-refractivity contribution in [1.82, 2.24) is 15.3 Å². The fraction of sp³-hybridized carbons (Fsp3) is 0.238. The number of fused-ring (bicyclic) bond motifs is 3. The molecule has 0 saturated heterocycles. The van der Waals surface area contributed by atoms with Gasteiger partial charge in [-0.1, -0.05) is 6.07 Å². The van der Waals surface area contributed by atoms with E-state index in [9.17, 15) is 19.2 Å². The summed E-state index contributed by atoms with van der Waals surface area (Å²) < 4.78 is 14.5. The Labute approximate surface area is 176 Å². The normalized spacial score (nSPS) is 11.0. The number of hydrogen-bond donors (Lipinski definition) is 3. The van der Waals surface area contributed by atoms with E-state index in [0.717, 1.165) is 0 Å². The Hall–Kier alpha value is -4.08. The molecule has 0 saturated carbocycles. The highest BCUT2D eigenvalue weighted by atomic mass is 16.7. The Morgan fingerprint density at radius 3 is 2.77 bits per heavy atom. The van der Waals surface area contributed by atoms with Gasteiger partial charge in [0.15, 0.2) is 5.75 Å². The van der Waals surface area contributed by atoms with Crippen molar-refractivity contribution in [3.8, 4) is 5.75 Å². The van der Waals surface area contributed by atoms with Gasteiger partial charge in [0.1, 0.15) is 5.52 Å². The predicted octanol–water partition coefficient (Wildman–Crippen LogP) is 2.24. The van der Waals surface area contributed by atoms with Gasteiger partial charge in [-0.25, -0.2) is 4.79 Å². The number of carbonyl (C=O) groups excluding carboxylic acids is 3. The lowest BCUT2D eigenvalue weighted by Gasteiger charge is -2.06. The molecule has 31 heavy (non-hydrogen) atoms. The van der Waals surface area contributed by atoms with Crippen LogP contribution in [0.25, 0.3) is 27.9 Å². The lowest BCUT2D eigenvalue weighted by molar-refractivity contribution is -0.140. The van der Waals surface area contributed by atoms with E-state index >= 15 is 0 Å². The molecule has 10 nitrogen and oxygen atoms in total. The van der Waals surface area contributed by atoms with Crippen molar-refractivity contribution in [3.63, 3.8) is 0 Å². The second kappa shape index (κ2) is 9.61. The van der Waals surface area contributed by atoms with E-state index in [4.69, 9.17) is 9.47 Å². The average molecular weight is 427 g/mol. The molecule has 0 aliphatic carbocycles. The zero-order valence-corrected chi connectivity index (χ0v) is 16.9.